The molecule has 0 radical (unpaired) electrons. The highest BCUT2D eigenvalue weighted by Gasteiger charge is 2.08. The molecule has 1 atom stereocenters. The van der Waals surface area contributed by atoms with Crippen molar-refractivity contribution in [2.45, 2.75) is 12.5 Å². The summed E-state index contributed by atoms with van der Waals surface area (Å²) in [6.45, 7) is 0. The van der Waals surface area contributed by atoms with Gasteiger partial charge in [0.05, 0.1) is 12.3 Å². The van der Waals surface area contributed by atoms with Crippen LogP contribution >= 0.6 is 0 Å². The van der Waals surface area contributed by atoms with Crippen molar-refractivity contribution in [2.75, 3.05) is 0 Å². The van der Waals surface area contributed by atoms with E-state index in [-0.39, 0.29) is 5.75 Å². The molecule has 0 amide bonds. The molecule has 1 aromatic heterocycles. The molecule has 4 nitrogen and oxygen atoms in total. The molecule has 82 valence electrons. The van der Waals surface area contributed by atoms with Crippen LogP contribution in [-0.2, 0) is 6.42 Å². The lowest BCUT2D eigenvalue weighted by Gasteiger charge is -2.10. The molecule has 0 saturated heterocycles. The molecule has 0 aliphatic rings. The summed E-state index contributed by atoms with van der Waals surface area (Å²) in [7, 11) is 0. The van der Waals surface area contributed by atoms with Crippen molar-refractivity contribution in [3.05, 3.63) is 53.9 Å². The average molecular weight is 216 g/mol. The first-order chi connectivity index (χ1) is 7.75. The summed E-state index contributed by atoms with van der Waals surface area (Å²) < 4.78 is 0. The Morgan fingerprint density at radius 2 is 1.81 bits per heavy atom. The van der Waals surface area contributed by atoms with Crippen LogP contribution in [0.2, 0.25) is 0 Å². The zero-order chi connectivity index (χ0) is 11.4. The van der Waals surface area contributed by atoms with Crippen molar-refractivity contribution in [2.24, 2.45) is 0 Å². The average Bonchev–Trinajstić information content (AvgIpc) is 2.31. The fourth-order valence-electron chi connectivity index (χ4n) is 1.48. The Bertz CT molecular complexity index is 442. The van der Waals surface area contributed by atoms with Crippen LogP contribution in [0, 0.1) is 0 Å². The molecule has 2 rings (SSSR count). The van der Waals surface area contributed by atoms with Crippen LogP contribution in [-0.4, -0.2) is 20.4 Å². The lowest BCUT2D eigenvalue weighted by Crippen LogP contribution is -2.02. The number of phenols is 1. The van der Waals surface area contributed by atoms with Gasteiger partial charge in [-0.05, 0) is 29.3 Å². The summed E-state index contributed by atoms with van der Waals surface area (Å²) in [5, 5.41) is 26.5. The number of benzene rings is 1. The number of aliphatic hydroxyl groups excluding tert-OH is 1. The minimum absolute atomic E-state index is 0.196. The van der Waals surface area contributed by atoms with Crippen LogP contribution in [0.25, 0.3) is 0 Å². The van der Waals surface area contributed by atoms with Crippen molar-refractivity contribution in [3.63, 3.8) is 0 Å². The smallest absolute Gasteiger partial charge is 0.115 e. The Labute approximate surface area is 93.2 Å². The van der Waals surface area contributed by atoms with Gasteiger partial charge in [0.25, 0.3) is 0 Å². The second-order valence-corrected chi connectivity index (χ2v) is 3.56. The topological polar surface area (TPSA) is 66.2 Å². The van der Waals surface area contributed by atoms with Gasteiger partial charge in [-0.2, -0.15) is 10.2 Å². The van der Waals surface area contributed by atoms with Gasteiger partial charge in [-0.3, -0.25) is 0 Å². The van der Waals surface area contributed by atoms with E-state index in [1.54, 1.807) is 36.7 Å². The Morgan fingerprint density at radius 3 is 2.44 bits per heavy atom. The molecule has 1 unspecified atom stereocenters. The summed E-state index contributed by atoms with van der Waals surface area (Å²) in [4.78, 5) is 0. The number of aromatic hydroxyl groups is 1. The first-order valence-electron chi connectivity index (χ1n) is 4.98. The first-order valence-corrected chi connectivity index (χ1v) is 4.98. The molecule has 2 N–H and O–H groups in total. The van der Waals surface area contributed by atoms with E-state index in [0.717, 1.165) is 11.1 Å². The van der Waals surface area contributed by atoms with E-state index in [4.69, 9.17) is 5.11 Å². The molecular weight excluding hydrogens is 204 g/mol. The highest BCUT2D eigenvalue weighted by atomic mass is 16.3. The zero-order valence-corrected chi connectivity index (χ0v) is 8.61. The van der Waals surface area contributed by atoms with Crippen molar-refractivity contribution in [1.82, 2.24) is 10.2 Å². The molecule has 0 bridgehead atoms. The number of aromatic nitrogens is 2. The quantitative estimate of drug-likeness (QED) is 0.815. The van der Waals surface area contributed by atoms with Crippen LogP contribution in [0.1, 0.15) is 17.2 Å². The van der Waals surface area contributed by atoms with Crippen LogP contribution < -0.4 is 0 Å². The third-order valence-electron chi connectivity index (χ3n) is 2.35. The number of hydrogen-bond acceptors (Lipinski definition) is 4. The van der Waals surface area contributed by atoms with Gasteiger partial charge in [0, 0.05) is 12.6 Å². The molecule has 0 aliphatic heterocycles. The Kier molecular flexibility index (Phi) is 3.12. The summed E-state index contributed by atoms with van der Waals surface area (Å²) in [5.41, 5.74) is 1.70. The van der Waals surface area contributed by atoms with Gasteiger partial charge in [-0.1, -0.05) is 12.1 Å². The molecule has 1 heterocycles. The molecule has 16 heavy (non-hydrogen) atoms. The van der Waals surface area contributed by atoms with Gasteiger partial charge in [-0.25, -0.2) is 0 Å². The first kappa shape index (κ1) is 10.6. The van der Waals surface area contributed by atoms with E-state index in [1.807, 2.05) is 6.07 Å². The van der Waals surface area contributed by atoms with Crippen LogP contribution in [0.3, 0.4) is 0 Å². The summed E-state index contributed by atoms with van der Waals surface area (Å²) in [5.74, 6) is 0.196. The van der Waals surface area contributed by atoms with Crippen molar-refractivity contribution in [1.29, 1.82) is 0 Å². The molecule has 0 saturated carbocycles. The lowest BCUT2D eigenvalue weighted by molar-refractivity contribution is 0.178. The maximum absolute atomic E-state index is 9.94. The molecule has 0 aliphatic carbocycles. The van der Waals surface area contributed by atoms with Gasteiger partial charge in [0.1, 0.15) is 5.75 Å². The predicted molar refractivity (Wildman–Crippen MR) is 58.8 cm³/mol. The highest BCUT2D eigenvalue weighted by Crippen LogP contribution is 2.19. The molecule has 0 spiro atoms. The van der Waals surface area contributed by atoms with Gasteiger partial charge in [-0.15, -0.1) is 0 Å². The Balaban J connectivity index is 2.09. The molecule has 0 fully saturated rings. The van der Waals surface area contributed by atoms with E-state index in [2.05, 4.69) is 10.2 Å². The number of aliphatic hydroxyl groups is 1. The summed E-state index contributed by atoms with van der Waals surface area (Å²) in [6, 6.07) is 8.34. The number of rotatable bonds is 3. The Hall–Kier alpha value is -1.94. The number of phenolic OH excluding ortho intramolecular Hbond substituents is 1. The van der Waals surface area contributed by atoms with E-state index in [1.165, 1.54) is 0 Å². The standard InChI is InChI=1S/C12H12N2O2/c15-11-3-1-10(2-4-11)12(16)7-9-5-6-13-14-8-9/h1-6,8,12,15-16H,7H2. The summed E-state index contributed by atoms with van der Waals surface area (Å²) >= 11 is 0. The van der Waals surface area contributed by atoms with E-state index < -0.39 is 6.10 Å². The second-order valence-electron chi connectivity index (χ2n) is 3.56. The normalized spacial score (nSPS) is 12.3. The molecule has 2 aromatic rings. The van der Waals surface area contributed by atoms with Gasteiger partial charge >= 0.3 is 0 Å². The lowest BCUT2D eigenvalue weighted by atomic mass is 10.0. The van der Waals surface area contributed by atoms with Crippen molar-refractivity contribution in [3.8, 4) is 5.75 Å². The summed E-state index contributed by atoms with van der Waals surface area (Å²) in [6.07, 6.45) is 3.12. The van der Waals surface area contributed by atoms with E-state index in [9.17, 15) is 5.11 Å². The van der Waals surface area contributed by atoms with Crippen LogP contribution in [0.4, 0.5) is 0 Å². The van der Waals surface area contributed by atoms with Crippen LogP contribution in [0.15, 0.2) is 42.7 Å². The minimum Gasteiger partial charge on any atom is -0.508 e. The zero-order valence-electron chi connectivity index (χ0n) is 8.61. The Morgan fingerprint density at radius 1 is 1.06 bits per heavy atom. The molecular formula is C12H12N2O2. The predicted octanol–water partition coefficient (Wildman–Crippen LogP) is 1.46. The SMILES string of the molecule is Oc1ccc(C(O)Cc2ccnnc2)cc1. The largest absolute Gasteiger partial charge is 0.508 e. The van der Waals surface area contributed by atoms with Crippen molar-refractivity contribution < 1.29 is 10.2 Å². The minimum atomic E-state index is -0.593. The van der Waals surface area contributed by atoms with Gasteiger partial charge in [0.2, 0.25) is 0 Å². The monoisotopic (exact) mass is 216 g/mol. The second kappa shape index (κ2) is 4.72. The fourth-order valence-corrected chi connectivity index (χ4v) is 1.48. The van der Waals surface area contributed by atoms with E-state index >= 15 is 0 Å². The fraction of sp³-hybridized carbons (Fsp3) is 0.167. The van der Waals surface area contributed by atoms with E-state index in [0.29, 0.717) is 6.42 Å². The number of hydrogen-bond donors (Lipinski definition) is 2. The third kappa shape index (κ3) is 2.55. The maximum atomic E-state index is 9.94. The van der Waals surface area contributed by atoms with Gasteiger partial charge < -0.3 is 10.2 Å². The van der Waals surface area contributed by atoms with Crippen molar-refractivity contribution >= 4 is 0 Å². The van der Waals surface area contributed by atoms with Gasteiger partial charge in [0.15, 0.2) is 0 Å². The number of nitrogens with zero attached hydrogens (tertiary/aromatic N) is 2. The third-order valence-corrected chi connectivity index (χ3v) is 2.35. The maximum Gasteiger partial charge on any atom is 0.115 e. The molecule has 4 heteroatoms. The highest BCUT2D eigenvalue weighted by molar-refractivity contribution is 5.28. The molecule has 1 aromatic carbocycles. The van der Waals surface area contributed by atoms with Crippen LogP contribution in [0.5, 0.6) is 5.75 Å².